The highest BCUT2D eigenvalue weighted by atomic mass is 35.5. The smallest absolute Gasteiger partial charge is 0.225 e. The van der Waals surface area contributed by atoms with E-state index < -0.39 is 0 Å². The third-order valence-corrected chi connectivity index (χ3v) is 3.56. The van der Waals surface area contributed by atoms with E-state index in [1.54, 1.807) is 25.6 Å². The minimum atomic E-state index is -0.325. The van der Waals surface area contributed by atoms with E-state index in [9.17, 15) is 0 Å². The molecule has 5 nitrogen and oxygen atoms in total. The molecule has 0 aromatic carbocycles. The highest BCUT2D eigenvalue weighted by Gasteiger charge is 2.11. The van der Waals surface area contributed by atoms with Crippen LogP contribution in [-0.4, -0.2) is 37.0 Å². The average Bonchev–Trinajstić information content (AvgIpc) is 2.70. The number of fused-ring (bicyclic) bond motifs is 1. The second-order valence-electron chi connectivity index (χ2n) is 3.70. The van der Waals surface area contributed by atoms with Crippen LogP contribution in [-0.2, 0) is 9.47 Å². The minimum absolute atomic E-state index is 0.234. The van der Waals surface area contributed by atoms with Crippen molar-refractivity contribution in [3.63, 3.8) is 0 Å². The first-order chi connectivity index (χ1) is 8.63. The molecule has 0 radical (unpaired) electrons. The quantitative estimate of drug-likeness (QED) is 0.677. The molecule has 7 heteroatoms. The van der Waals surface area contributed by atoms with E-state index in [2.05, 4.69) is 15.3 Å². The molecule has 0 saturated carbocycles. The zero-order chi connectivity index (χ0) is 13.1. The zero-order valence-corrected chi connectivity index (χ0v) is 11.9. The van der Waals surface area contributed by atoms with Gasteiger partial charge in [0.25, 0.3) is 0 Å². The number of thiophene rings is 1. The van der Waals surface area contributed by atoms with E-state index >= 15 is 0 Å². The number of anilines is 1. The van der Waals surface area contributed by atoms with Gasteiger partial charge in [-0.1, -0.05) is 0 Å². The third-order valence-electron chi connectivity index (χ3n) is 2.45. The summed E-state index contributed by atoms with van der Waals surface area (Å²) in [6.07, 6.45) is -0.325. The van der Waals surface area contributed by atoms with Crippen LogP contribution in [0.15, 0.2) is 6.07 Å². The van der Waals surface area contributed by atoms with E-state index in [1.165, 1.54) is 4.88 Å². The van der Waals surface area contributed by atoms with Gasteiger partial charge in [0.05, 0.1) is 11.9 Å². The lowest BCUT2D eigenvalue weighted by Crippen LogP contribution is -2.24. The van der Waals surface area contributed by atoms with Gasteiger partial charge in [0.1, 0.15) is 10.6 Å². The molecule has 18 heavy (non-hydrogen) atoms. The first-order valence-corrected chi connectivity index (χ1v) is 6.56. The molecule has 2 heterocycles. The third kappa shape index (κ3) is 2.89. The Labute approximate surface area is 114 Å². The lowest BCUT2D eigenvalue weighted by atomic mass is 10.3. The van der Waals surface area contributed by atoms with Crippen LogP contribution in [0, 0.1) is 6.92 Å². The molecule has 2 rings (SSSR count). The Kier molecular flexibility index (Phi) is 4.34. The molecular formula is C11H14ClN3O2S. The minimum Gasteiger partial charge on any atom is -0.364 e. The van der Waals surface area contributed by atoms with Crippen LogP contribution >= 0.6 is 22.9 Å². The Bertz CT molecular complexity index is 542. The normalized spacial score (nSPS) is 11.4. The maximum absolute atomic E-state index is 5.90. The van der Waals surface area contributed by atoms with Crippen LogP contribution in [0.5, 0.6) is 0 Å². The van der Waals surface area contributed by atoms with Crippen LogP contribution < -0.4 is 5.32 Å². The Balaban J connectivity index is 2.26. The van der Waals surface area contributed by atoms with Crippen molar-refractivity contribution in [2.45, 2.75) is 13.2 Å². The predicted octanol–water partition coefficient (Wildman–Crippen LogP) is 2.68. The fourth-order valence-corrected chi connectivity index (χ4v) is 2.69. The van der Waals surface area contributed by atoms with Crippen molar-refractivity contribution < 1.29 is 9.47 Å². The van der Waals surface area contributed by atoms with Crippen molar-refractivity contribution in [3.8, 4) is 0 Å². The topological polar surface area (TPSA) is 56.3 Å². The highest BCUT2D eigenvalue weighted by molar-refractivity contribution is 7.18. The van der Waals surface area contributed by atoms with Gasteiger partial charge in [-0.15, -0.1) is 11.3 Å². The van der Waals surface area contributed by atoms with Crippen LogP contribution in [0.25, 0.3) is 10.2 Å². The number of nitrogens with zero attached hydrogens (tertiary/aromatic N) is 2. The number of methoxy groups -OCH3 is 2. The maximum Gasteiger partial charge on any atom is 0.225 e. The van der Waals surface area contributed by atoms with E-state index in [0.29, 0.717) is 12.4 Å². The van der Waals surface area contributed by atoms with E-state index in [4.69, 9.17) is 21.1 Å². The van der Waals surface area contributed by atoms with Crippen molar-refractivity contribution in [1.82, 2.24) is 9.97 Å². The molecular weight excluding hydrogens is 274 g/mol. The summed E-state index contributed by atoms with van der Waals surface area (Å²) in [6.45, 7) is 2.52. The van der Waals surface area contributed by atoms with Crippen LogP contribution in [0.4, 0.5) is 5.82 Å². The summed E-state index contributed by atoms with van der Waals surface area (Å²) in [6, 6.07) is 2.03. The van der Waals surface area contributed by atoms with E-state index in [0.717, 1.165) is 10.2 Å². The van der Waals surface area contributed by atoms with Crippen molar-refractivity contribution in [3.05, 3.63) is 16.2 Å². The Hall–Kier alpha value is -0.950. The van der Waals surface area contributed by atoms with Gasteiger partial charge >= 0.3 is 0 Å². The van der Waals surface area contributed by atoms with Gasteiger partial charge in [0, 0.05) is 19.1 Å². The molecule has 0 amide bonds. The van der Waals surface area contributed by atoms with Crippen molar-refractivity contribution in [2.75, 3.05) is 26.1 Å². The van der Waals surface area contributed by atoms with E-state index in [1.807, 2.05) is 13.0 Å². The lowest BCUT2D eigenvalue weighted by molar-refractivity contribution is -0.0914. The van der Waals surface area contributed by atoms with Crippen molar-refractivity contribution >= 4 is 39.0 Å². The second kappa shape index (κ2) is 5.79. The Morgan fingerprint density at radius 3 is 2.78 bits per heavy atom. The number of ether oxygens (including phenoxy) is 2. The van der Waals surface area contributed by atoms with Crippen LogP contribution in [0.2, 0.25) is 5.28 Å². The maximum atomic E-state index is 5.90. The molecule has 0 spiro atoms. The number of aromatic nitrogens is 2. The monoisotopic (exact) mass is 287 g/mol. The van der Waals surface area contributed by atoms with Gasteiger partial charge in [0.2, 0.25) is 5.28 Å². The van der Waals surface area contributed by atoms with Gasteiger partial charge in [-0.05, 0) is 24.6 Å². The van der Waals surface area contributed by atoms with Gasteiger partial charge < -0.3 is 14.8 Å². The summed E-state index contributed by atoms with van der Waals surface area (Å²) in [5, 5.41) is 4.36. The molecule has 0 aliphatic rings. The van der Waals surface area contributed by atoms with Gasteiger partial charge in [-0.3, -0.25) is 0 Å². The summed E-state index contributed by atoms with van der Waals surface area (Å²) in [4.78, 5) is 10.4. The molecule has 0 fully saturated rings. The fraction of sp³-hybridized carbons (Fsp3) is 0.455. The molecule has 0 aliphatic heterocycles. The number of aryl methyl sites for hydroxylation is 1. The summed E-state index contributed by atoms with van der Waals surface area (Å²) in [5.41, 5.74) is 0. The molecule has 2 aromatic heterocycles. The summed E-state index contributed by atoms with van der Waals surface area (Å²) < 4.78 is 10.2. The predicted molar refractivity (Wildman–Crippen MR) is 73.5 cm³/mol. The van der Waals surface area contributed by atoms with Gasteiger partial charge in [-0.2, -0.15) is 0 Å². The zero-order valence-electron chi connectivity index (χ0n) is 10.4. The lowest BCUT2D eigenvalue weighted by Gasteiger charge is -2.14. The Morgan fingerprint density at radius 1 is 1.39 bits per heavy atom. The van der Waals surface area contributed by atoms with Gasteiger partial charge in [-0.25, -0.2) is 9.97 Å². The number of hydrogen-bond donors (Lipinski definition) is 1. The largest absolute Gasteiger partial charge is 0.364 e. The molecule has 2 aromatic rings. The number of halogens is 1. The van der Waals surface area contributed by atoms with Crippen molar-refractivity contribution in [1.29, 1.82) is 0 Å². The first kappa shape index (κ1) is 13.5. The Morgan fingerprint density at radius 2 is 2.11 bits per heavy atom. The molecule has 98 valence electrons. The fourth-order valence-electron chi connectivity index (χ4n) is 1.59. The molecule has 0 unspecified atom stereocenters. The summed E-state index contributed by atoms with van der Waals surface area (Å²) in [7, 11) is 3.18. The molecule has 1 N–H and O–H groups in total. The second-order valence-corrected chi connectivity index (χ2v) is 5.27. The average molecular weight is 288 g/mol. The molecule has 0 bridgehead atoms. The highest BCUT2D eigenvalue weighted by Crippen LogP contribution is 2.29. The molecule has 0 aliphatic carbocycles. The summed E-state index contributed by atoms with van der Waals surface area (Å²) in [5.74, 6) is 0.702. The van der Waals surface area contributed by atoms with Crippen LogP contribution in [0.3, 0.4) is 0 Å². The number of rotatable bonds is 5. The standard InChI is InChI=1S/C11H14ClN3O2S/c1-6-4-7-9(13-5-8(16-2)17-3)14-11(12)15-10(7)18-6/h4,8H,5H2,1-3H3,(H,13,14,15). The number of hydrogen-bond acceptors (Lipinski definition) is 6. The van der Waals surface area contributed by atoms with Crippen molar-refractivity contribution in [2.24, 2.45) is 0 Å². The summed E-state index contributed by atoms with van der Waals surface area (Å²) >= 11 is 7.49. The van der Waals surface area contributed by atoms with Crippen LogP contribution in [0.1, 0.15) is 4.88 Å². The SMILES string of the molecule is COC(CNc1nc(Cl)nc2sc(C)cc12)OC. The van der Waals surface area contributed by atoms with E-state index in [-0.39, 0.29) is 11.6 Å². The molecule has 0 atom stereocenters. The molecule has 0 saturated heterocycles. The van der Waals surface area contributed by atoms with Gasteiger partial charge in [0.15, 0.2) is 6.29 Å². The number of nitrogens with one attached hydrogen (secondary N) is 1. The first-order valence-electron chi connectivity index (χ1n) is 5.37.